The van der Waals surface area contributed by atoms with Gasteiger partial charge in [-0.15, -0.1) is 0 Å². The van der Waals surface area contributed by atoms with E-state index in [1.807, 2.05) is 13.8 Å². The predicted octanol–water partition coefficient (Wildman–Crippen LogP) is 2.20. The number of ether oxygens (including phenoxy) is 1. The number of hydrogen-bond donors (Lipinski definition) is 1. The summed E-state index contributed by atoms with van der Waals surface area (Å²) >= 11 is 5.85. The van der Waals surface area contributed by atoms with Gasteiger partial charge in [0.25, 0.3) is 5.91 Å². The molecule has 2 unspecified atom stereocenters. The monoisotopic (exact) mass is 268 g/mol. The zero-order chi connectivity index (χ0) is 13.1. The molecule has 1 saturated heterocycles. The molecule has 1 aliphatic heterocycles. The maximum Gasteiger partial charge on any atom is 0.251 e. The quantitative estimate of drug-likeness (QED) is 0.855. The third-order valence-electron chi connectivity index (χ3n) is 3.22. The van der Waals surface area contributed by atoms with Crippen LogP contribution in [-0.2, 0) is 4.74 Å². The van der Waals surface area contributed by atoms with E-state index in [-0.39, 0.29) is 11.9 Å². The standard InChI is InChI=1S/C13H17ClN2O2/c1-8-5-11(6-12(14)15-8)13(17)16-9(2)10-3-4-18-7-10/h5-6,9-10H,3-4,7H2,1-2H3,(H,16,17). The number of aromatic nitrogens is 1. The van der Waals surface area contributed by atoms with Crippen LogP contribution in [-0.4, -0.2) is 30.1 Å². The number of pyridine rings is 1. The van der Waals surface area contributed by atoms with Crippen molar-refractivity contribution >= 4 is 17.5 Å². The minimum absolute atomic E-state index is 0.104. The molecule has 1 fully saturated rings. The van der Waals surface area contributed by atoms with Gasteiger partial charge in [0.15, 0.2) is 0 Å². The topological polar surface area (TPSA) is 51.2 Å². The fourth-order valence-electron chi connectivity index (χ4n) is 2.11. The summed E-state index contributed by atoms with van der Waals surface area (Å²) in [7, 11) is 0. The molecule has 2 rings (SSSR count). The van der Waals surface area contributed by atoms with E-state index in [0.717, 1.165) is 25.3 Å². The Kier molecular flexibility index (Phi) is 4.19. The first kappa shape index (κ1) is 13.3. The van der Waals surface area contributed by atoms with Crippen LogP contribution in [0.5, 0.6) is 0 Å². The van der Waals surface area contributed by atoms with Crippen LogP contribution in [0.1, 0.15) is 29.4 Å². The Morgan fingerprint density at radius 3 is 3.00 bits per heavy atom. The summed E-state index contributed by atoms with van der Waals surface area (Å²) in [5, 5.41) is 3.33. The van der Waals surface area contributed by atoms with E-state index in [1.54, 1.807) is 12.1 Å². The Labute approximate surface area is 112 Å². The van der Waals surface area contributed by atoms with Gasteiger partial charge in [-0.1, -0.05) is 11.6 Å². The molecule has 2 atom stereocenters. The maximum absolute atomic E-state index is 12.1. The van der Waals surface area contributed by atoms with Crippen molar-refractivity contribution in [2.75, 3.05) is 13.2 Å². The highest BCUT2D eigenvalue weighted by Gasteiger charge is 2.24. The van der Waals surface area contributed by atoms with E-state index in [9.17, 15) is 4.79 Å². The SMILES string of the molecule is Cc1cc(C(=O)NC(C)C2CCOC2)cc(Cl)n1. The van der Waals surface area contributed by atoms with Crippen LogP contribution in [0.3, 0.4) is 0 Å². The van der Waals surface area contributed by atoms with Crippen molar-refractivity contribution < 1.29 is 9.53 Å². The van der Waals surface area contributed by atoms with E-state index in [2.05, 4.69) is 10.3 Å². The molecule has 0 aromatic carbocycles. The van der Waals surface area contributed by atoms with Gasteiger partial charge in [0.2, 0.25) is 0 Å². The molecule has 1 aromatic heterocycles. The fourth-order valence-corrected chi connectivity index (χ4v) is 2.37. The van der Waals surface area contributed by atoms with Gasteiger partial charge < -0.3 is 10.1 Å². The lowest BCUT2D eigenvalue weighted by Gasteiger charge is -2.19. The molecule has 1 N–H and O–H groups in total. The van der Waals surface area contributed by atoms with E-state index >= 15 is 0 Å². The average molecular weight is 269 g/mol. The second kappa shape index (κ2) is 5.67. The molecule has 2 heterocycles. The van der Waals surface area contributed by atoms with E-state index in [1.165, 1.54) is 0 Å². The van der Waals surface area contributed by atoms with Crippen molar-refractivity contribution in [3.8, 4) is 0 Å². The van der Waals surface area contributed by atoms with Gasteiger partial charge in [-0.2, -0.15) is 0 Å². The zero-order valence-electron chi connectivity index (χ0n) is 10.6. The van der Waals surface area contributed by atoms with Crippen LogP contribution < -0.4 is 5.32 Å². The van der Waals surface area contributed by atoms with Crippen molar-refractivity contribution in [2.45, 2.75) is 26.3 Å². The molecule has 0 spiro atoms. The number of hydrogen-bond acceptors (Lipinski definition) is 3. The van der Waals surface area contributed by atoms with Gasteiger partial charge >= 0.3 is 0 Å². The summed E-state index contributed by atoms with van der Waals surface area (Å²) in [6, 6.07) is 3.42. The Bertz CT molecular complexity index is 424. The lowest BCUT2D eigenvalue weighted by atomic mass is 10.0. The fraction of sp³-hybridized carbons (Fsp3) is 0.538. The van der Waals surface area contributed by atoms with Gasteiger partial charge in [0.05, 0.1) is 6.61 Å². The molecule has 0 bridgehead atoms. The molecule has 1 amide bonds. The third-order valence-corrected chi connectivity index (χ3v) is 3.41. The molecule has 0 saturated carbocycles. The molecule has 5 heteroatoms. The summed E-state index contributed by atoms with van der Waals surface area (Å²) in [6.45, 7) is 5.33. The molecule has 0 radical (unpaired) electrons. The number of nitrogens with zero attached hydrogens (tertiary/aromatic N) is 1. The van der Waals surface area contributed by atoms with Crippen LogP contribution in [0.2, 0.25) is 5.15 Å². The number of carbonyl (C=O) groups excluding carboxylic acids is 1. The van der Waals surface area contributed by atoms with E-state index in [0.29, 0.717) is 16.6 Å². The van der Waals surface area contributed by atoms with Crippen LogP contribution in [0.15, 0.2) is 12.1 Å². The van der Waals surface area contributed by atoms with Crippen molar-refractivity contribution in [1.82, 2.24) is 10.3 Å². The molecule has 18 heavy (non-hydrogen) atoms. The van der Waals surface area contributed by atoms with Crippen LogP contribution in [0.4, 0.5) is 0 Å². The van der Waals surface area contributed by atoms with Crippen molar-refractivity contribution in [2.24, 2.45) is 5.92 Å². The van der Waals surface area contributed by atoms with Crippen LogP contribution in [0.25, 0.3) is 0 Å². The van der Waals surface area contributed by atoms with Gasteiger partial charge in [0, 0.05) is 29.8 Å². The second-order valence-corrected chi connectivity index (χ2v) is 5.09. The summed E-state index contributed by atoms with van der Waals surface area (Å²) < 4.78 is 5.32. The molecular formula is C13H17ClN2O2. The van der Waals surface area contributed by atoms with Crippen LogP contribution in [0, 0.1) is 12.8 Å². The van der Waals surface area contributed by atoms with E-state index < -0.39 is 0 Å². The zero-order valence-corrected chi connectivity index (χ0v) is 11.3. The highest BCUT2D eigenvalue weighted by molar-refractivity contribution is 6.29. The Morgan fingerprint density at radius 1 is 1.61 bits per heavy atom. The van der Waals surface area contributed by atoms with Crippen LogP contribution >= 0.6 is 11.6 Å². The van der Waals surface area contributed by atoms with Gasteiger partial charge in [-0.05, 0) is 32.4 Å². The molecule has 1 aromatic rings. The first-order valence-corrected chi connectivity index (χ1v) is 6.47. The Hall–Kier alpha value is -1.13. The summed E-state index contributed by atoms with van der Waals surface area (Å²) in [6.07, 6.45) is 0.998. The van der Waals surface area contributed by atoms with Gasteiger partial charge in [-0.25, -0.2) is 4.98 Å². The minimum atomic E-state index is -0.109. The van der Waals surface area contributed by atoms with E-state index in [4.69, 9.17) is 16.3 Å². The lowest BCUT2D eigenvalue weighted by molar-refractivity contribution is 0.0922. The van der Waals surface area contributed by atoms with Gasteiger partial charge in [0.1, 0.15) is 5.15 Å². The Balaban J connectivity index is 2.02. The van der Waals surface area contributed by atoms with Gasteiger partial charge in [-0.3, -0.25) is 4.79 Å². The number of carbonyl (C=O) groups is 1. The third kappa shape index (κ3) is 3.21. The number of amides is 1. The Morgan fingerprint density at radius 2 is 2.39 bits per heavy atom. The molecule has 0 aliphatic carbocycles. The predicted molar refractivity (Wildman–Crippen MR) is 69.8 cm³/mol. The maximum atomic E-state index is 12.1. The first-order chi connectivity index (χ1) is 8.56. The lowest BCUT2D eigenvalue weighted by Crippen LogP contribution is -2.38. The second-order valence-electron chi connectivity index (χ2n) is 4.71. The number of halogens is 1. The summed E-state index contributed by atoms with van der Waals surface area (Å²) in [5.41, 5.74) is 1.29. The van der Waals surface area contributed by atoms with Crippen molar-refractivity contribution in [3.05, 3.63) is 28.5 Å². The first-order valence-electron chi connectivity index (χ1n) is 6.09. The average Bonchev–Trinajstić information content (AvgIpc) is 2.80. The highest BCUT2D eigenvalue weighted by Crippen LogP contribution is 2.17. The number of nitrogens with one attached hydrogen (secondary N) is 1. The summed E-state index contributed by atoms with van der Waals surface area (Å²) in [4.78, 5) is 16.1. The smallest absolute Gasteiger partial charge is 0.251 e. The van der Waals surface area contributed by atoms with Crippen molar-refractivity contribution in [3.63, 3.8) is 0 Å². The number of aryl methyl sites for hydroxylation is 1. The normalized spacial score (nSPS) is 20.7. The highest BCUT2D eigenvalue weighted by atomic mass is 35.5. The molecular weight excluding hydrogens is 252 g/mol. The molecule has 4 nitrogen and oxygen atoms in total. The molecule has 98 valence electrons. The molecule has 1 aliphatic rings. The minimum Gasteiger partial charge on any atom is -0.381 e. The summed E-state index contributed by atoms with van der Waals surface area (Å²) in [5.74, 6) is 0.286. The van der Waals surface area contributed by atoms with Crippen molar-refractivity contribution in [1.29, 1.82) is 0 Å². The largest absolute Gasteiger partial charge is 0.381 e. The number of rotatable bonds is 3.